The number of aryl methyl sites for hydroxylation is 1. The standard InChI is InChI=1S/C12H18N6/c1-3-4-6-13-12-14-7-5-10(16-12)15-11-8-9(2)17-18-11/h5,7-8H,3-4,6H2,1-2H3,(H3,13,14,15,16,17,18). The van der Waals surface area contributed by atoms with Crippen molar-refractivity contribution in [3.63, 3.8) is 0 Å². The molecular weight excluding hydrogens is 228 g/mol. The molecule has 2 heterocycles. The van der Waals surface area contributed by atoms with Gasteiger partial charge >= 0.3 is 0 Å². The fourth-order valence-corrected chi connectivity index (χ4v) is 1.50. The zero-order valence-corrected chi connectivity index (χ0v) is 10.7. The number of anilines is 3. The summed E-state index contributed by atoms with van der Waals surface area (Å²) in [5.41, 5.74) is 1.01. The number of hydrogen-bond donors (Lipinski definition) is 3. The van der Waals surface area contributed by atoms with Crippen molar-refractivity contribution in [2.45, 2.75) is 26.7 Å². The van der Waals surface area contributed by atoms with Gasteiger partial charge in [-0.25, -0.2) is 4.98 Å². The van der Waals surface area contributed by atoms with Crippen molar-refractivity contribution in [2.24, 2.45) is 0 Å². The van der Waals surface area contributed by atoms with E-state index in [9.17, 15) is 0 Å². The van der Waals surface area contributed by atoms with Crippen molar-refractivity contribution in [2.75, 3.05) is 17.2 Å². The highest BCUT2D eigenvalue weighted by Gasteiger charge is 2.01. The molecule has 0 spiro atoms. The summed E-state index contributed by atoms with van der Waals surface area (Å²) in [6.07, 6.45) is 3.99. The van der Waals surface area contributed by atoms with E-state index in [-0.39, 0.29) is 0 Å². The van der Waals surface area contributed by atoms with Crippen LogP contribution in [0, 0.1) is 6.92 Å². The second-order valence-electron chi connectivity index (χ2n) is 4.11. The van der Waals surface area contributed by atoms with Gasteiger partial charge in [0.15, 0.2) is 5.82 Å². The maximum atomic E-state index is 4.36. The Bertz CT molecular complexity index is 493. The lowest BCUT2D eigenvalue weighted by Crippen LogP contribution is -2.06. The monoisotopic (exact) mass is 246 g/mol. The molecule has 0 atom stereocenters. The summed E-state index contributed by atoms with van der Waals surface area (Å²) in [5.74, 6) is 2.13. The van der Waals surface area contributed by atoms with Gasteiger partial charge in [0.05, 0.1) is 0 Å². The van der Waals surface area contributed by atoms with Gasteiger partial charge in [-0.05, 0) is 19.4 Å². The Balaban J connectivity index is 1.98. The third-order valence-corrected chi connectivity index (χ3v) is 2.43. The summed E-state index contributed by atoms with van der Waals surface area (Å²) in [6.45, 7) is 5.00. The third kappa shape index (κ3) is 3.44. The zero-order chi connectivity index (χ0) is 12.8. The molecular formula is C12H18N6. The van der Waals surface area contributed by atoms with Gasteiger partial charge in [0.1, 0.15) is 5.82 Å². The number of unbranched alkanes of at least 4 members (excludes halogenated alkanes) is 1. The van der Waals surface area contributed by atoms with Crippen LogP contribution in [0.3, 0.4) is 0 Å². The number of aromatic nitrogens is 4. The largest absolute Gasteiger partial charge is 0.354 e. The fraction of sp³-hybridized carbons (Fsp3) is 0.417. The van der Waals surface area contributed by atoms with E-state index < -0.39 is 0 Å². The lowest BCUT2D eigenvalue weighted by molar-refractivity contribution is 0.826. The third-order valence-electron chi connectivity index (χ3n) is 2.43. The summed E-state index contributed by atoms with van der Waals surface area (Å²) in [4.78, 5) is 8.53. The van der Waals surface area contributed by atoms with Crippen LogP contribution >= 0.6 is 0 Å². The van der Waals surface area contributed by atoms with E-state index >= 15 is 0 Å². The molecule has 0 fully saturated rings. The van der Waals surface area contributed by atoms with Crippen molar-refractivity contribution in [1.29, 1.82) is 0 Å². The Morgan fingerprint density at radius 1 is 1.33 bits per heavy atom. The molecule has 3 N–H and O–H groups in total. The smallest absolute Gasteiger partial charge is 0.224 e. The highest BCUT2D eigenvalue weighted by Crippen LogP contribution is 2.13. The van der Waals surface area contributed by atoms with E-state index in [0.29, 0.717) is 5.95 Å². The number of hydrogen-bond acceptors (Lipinski definition) is 5. The van der Waals surface area contributed by atoms with Crippen LogP contribution in [0.2, 0.25) is 0 Å². The van der Waals surface area contributed by atoms with Gasteiger partial charge in [-0.15, -0.1) is 0 Å². The average molecular weight is 246 g/mol. The summed E-state index contributed by atoms with van der Waals surface area (Å²) in [5, 5.41) is 13.3. The first-order valence-corrected chi connectivity index (χ1v) is 6.14. The first kappa shape index (κ1) is 12.3. The second kappa shape index (κ2) is 6.00. The SMILES string of the molecule is CCCCNc1nccc(Nc2cc(C)[nH]n2)n1. The molecule has 0 amide bonds. The van der Waals surface area contributed by atoms with Crippen LogP contribution < -0.4 is 10.6 Å². The number of aromatic amines is 1. The summed E-state index contributed by atoms with van der Waals surface area (Å²) >= 11 is 0. The summed E-state index contributed by atoms with van der Waals surface area (Å²) < 4.78 is 0. The minimum absolute atomic E-state index is 0.640. The Morgan fingerprint density at radius 3 is 2.94 bits per heavy atom. The highest BCUT2D eigenvalue weighted by atomic mass is 15.2. The molecule has 0 aromatic carbocycles. The number of nitrogens with one attached hydrogen (secondary N) is 3. The summed E-state index contributed by atoms with van der Waals surface area (Å²) in [6, 6.07) is 3.74. The predicted molar refractivity (Wildman–Crippen MR) is 72.0 cm³/mol. The second-order valence-corrected chi connectivity index (χ2v) is 4.11. The maximum absolute atomic E-state index is 4.36. The molecule has 0 aliphatic heterocycles. The molecule has 0 radical (unpaired) electrons. The van der Waals surface area contributed by atoms with Gasteiger partial charge in [0.25, 0.3) is 0 Å². The molecule has 2 rings (SSSR count). The van der Waals surface area contributed by atoms with Crippen LogP contribution in [0.15, 0.2) is 18.3 Å². The molecule has 2 aromatic rings. The highest BCUT2D eigenvalue weighted by molar-refractivity contribution is 5.52. The van der Waals surface area contributed by atoms with E-state index in [1.165, 1.54) is 0 Å². The van der Waals surface area contributed by atoms with E-state index in [0.717, 1.165) is 36.7 Å². The van der Waals surface area contributed by atoms with Crippen molar-refractivity contribution < 1.29 is 0 Å². The predicted octanol–water partition coefficient (Wildman–Crippen LogP) is 2.46. The van der Waals surface area contributed by atoms with Gasteiger partial charge in [-0.3, -0.25) is 5.10 Å². The van der Waals surface area contributed by atoms with E-state index in [2.05, 4.69) is 37.7 Å². The first-order chi connectivity index (χ1) is 8.78. The van der Waals surface area contributed by atoms with E-state index in [1.807, 2.05) is 19.1 Å². The normalized spacial score (nSPS) is 10.3. The molecule has 18 heavy (non-hydrogen) atoms. The van der Waals surface area contributed by atoms with Gasteiger partial charge in [-0.1, -0.05) is 13.3 Å². The number of nitrogens with zero attached hydrogens (tertiary/aromatic N) is 3. The van der Waals surface area contributed by atoms with Crippen LogP contribution in [0.5, 0.6) is 0 Å². The topological polar surface area (TPSA) is 78.5 Å². The molecule has 0 saturated carbocycles. The molecule has 0 aliphatic rings. The minimum atomic E-state index is 0.640. The average Bonchev–Trinajstić information content (AvgIpc) is 2.76. The van der Waals surface area contributed by atoms with Crippen LogP contribution in [0.4, 0.5) is 17.6 Å². The number of H-pyrrole nitrogens is 1. The van der Waals surface area contributed by atoms with Crippen LogP contribution in [-0.4, -0.2) is 26.7 Å². The van der Waals surface area contributed by atoms with Crippen molar-refractivity contribution in [3.05, 3.63) is 24.0 Å². The van der Waals surface area contributed by atoms with Crippen molar-refractivity contribution in [1.82, 2.24) is 20.2 Å². The molecule has 2 aromatic heterocycles. The van der Waals surface area contributed by atoms with Gasteiger partial charge < -0.3 is 10.6 Å². The van der Waals surface area contributed by atoms with Gasteiger partial charge in [-0.2, -0.15) is 10.1 Å². The Hall–Kier alpha value is -2.11. The molecule has 0 bridgehead atoms. The van der Waals surface area contributed by atoms with Gasteiger partial charge in [0.2, 0.25) is 5.95 Å². The lowest BCUT2D eigenvalue weighted by Gasteiger charge is -2.06. The zero-order valence-electron chi connectivity index (χ0n) is 10.7. The quantitative estimate of drug-likeness (QED) is 0.682. The Labute approximate surface area is 106 Å². The van der Waals surface area contributed by atoms with E-state index in [1.54, 1.807) is 6.20 Å². The molecule has 6 nitrogen and oxygen atoms in total. The molecule has 0 aliphatic carbocycles. The first-order valence-electron chi connectivity index (χ1n) is 6.14. The molecule has 6 heteroatoms. The van der Waals surface area contributed by atoms with Crippen molar-refractivity contribution in [3.8, 4) is 0 Å². The van der Waals surface area contributed by atoms with Crippen LogP contribution in [-0.2, 0) is 0 Å². The minimum Gasteiger partial charge on any atom is -0.354 e. The number of rotatable bonds is 6. The Kier molecular flexibility index (Phi) is 4.11. The van der Waals surface area contributed by atoms with Crippen LogP contribution in [0.1, 0.15) is 25.5 Å². The Morgan fingerprint density at radius 2 is 2.22 bits per heavy atom. The van der Waals surface area contributed by atoms with E-state index in [4.69, 9.17) is 0 Å². The molecule has 0 unspecified atom stereocenters. The molecule has 0 saturated heterocycles. The lowest BCUT2D eigenvalue weighted by atomic mass is 10.3. The van der Waals surface area contributed by atoms with Gasteiger partial charge in [0, 0.05) is 24.5 Å². The summed E-state index contributed by atoms with van der Waals surface area (Å²) in [7, 11) is 0. The molecule has 96 valence electrons. The van der Waals surface area contributed by atoms with Crippen molar-refractivity contribution >= 4 is 17.6 Å². The maximum Gasteiger partial charge on any atom is 0.224 e. The van der Waals surface area contributed by atoms with Crippen LogP contribution in [0.25, 0.3) is 0 Å². The fourth-order valence-electron chi connectivity index (χ4n) is 1.50.